The van der Waals surface area contributed by atoms with Gasteiger partial charge in [-0.05, 0) is 40.8 Å². The van der Waals surface area contributed by atoms with Crippen LogP contribution in [-0.2, 0) is 11.3 Å². The van der Waals surface area contributed by atoms with E-state index in [1.807, 2.05) is 24.3 Å². The number of fused-ring (bicyclic) bond motifs is 1. The molecular formula is C12H12BrNO2S2. The van der Waals surface area contributed by atoms with Gasteiger partial charge in [-0.2, -0.15) is 0 Å². The average Bonchev–Trinajstić information content (AvgIpc) is 3.12. The molecule has 3 rings (SSSR count). The summed E-state index contributed by atoms with van der Waals surface area (Å²) in [6.07, 6.45) is 2.33. The Labute approximate surface area is 120 Å². The van der Waals surface area contributed by atoms with Gasteiger partial charge in [-0.15, -0.1) is 11.3 Å². The highest BCUT2D eigenvalue weighted by Crippen LogP contribution is 2.43. The predicted octanol–water partition coefficient (Wildman–Crippen LogP) is 4.02. The normalized spacial score (nSPS) is 17.0. The summed E-state index contributed by atoms with van der Waals surface area (Å²) in [5.41, 5.74) is 0. The summed E-state index contributed by atoms with van der Waals surface area (Å²) in [6, 6.07) is 8.01. The topological polar surface area (TPSA) is 40.5 Å². The molecule has 18 heavy (non-hydrogen) atoms. The lowest BCUT2D eigenvalue weighted by atomic mass is 10.3. The molecule has 1 atom stereocenters. The second-order valence-corrected chi connectivity index (χ2v) is 7.18. The minimum atomic E-state index is -1.96. The van der Waals surface area contributed by atoms with E-state index in [1.54, 1.807) is 15.6 Å². The van der Waals surface area contributed by atoms with Crippen LogP contribution in [0.2, 0.25) is 0 Å². The molecule has 1 N–H and O–H groups in total. The number of hydrogen-bond donors (Lipinski definition) is 1. The van der Waals surface area contributed by atoms with E-state index in [9.17, 15) is 8.76 Å². The third-order valence-corrected chi connectivity index (χ3v) is 6.14. The summed E-state index contributed by atoms with van der Waals surface area (Å²) >= 11 is 3.15. The van der Waals surface area contributed by atoms with Gasteiger partial charge in [0, 0.05) is 16.6 Å². The van der Waals surface area contributed by atoms with Crippen molar-refractivity contribution in [2.45, 2.75) is 12.8 Å². The van der Waals surface area contributed by atoms with Crippen LogP contribution in [0.15, 0.2) is 28.7 Å². The Morgan fingerprint density at radius 3 is 2.78 bits per heavy atom. The molecule has 1 aliphatic carbocycles. The van der Waals surface area contributed by atoms with Gasteiger partial charge >= 0.3 is 0 Å². The van der Waals surface area contributed by atoms with Crippen molar-refractivity contribution in [2.75, 3.05) is 10.8 Å². The Morgan fingerprint density at radius 2 is 2.17 bits per heavy atom. The van der Waals surface area contributed by atoms with Crippen LogP contribution in [0.5, 0.6) is 0 Å². The van der Waals surface area contributed by atoms with Gasteiger partial charge < -0.3 is 0 Å². The Bertz CT molecular complexity index is 609. The van der Waals surface area contributed by atoms with Gasteiger partial charge in [-0.25, -0.2) is 4.21 Å². The van der Waals surface area contributed by atoms with Crippen LogP contribution in [0.3, 0.4) is 0 Å². The van der Waals surface area contributed by atoms with E-state index >= 15 is 0 Å². The average molecular weight is 346 g/mol. The number of anilines is 1. The maximum absolute atomic E-state index is 11.5. The quantitative estimate of drug-likeness (QED) is 0.850. The third-order valence-electron chi connectivity index (χ3n) is 3.05. The van der Waals surface area contributed by atoms with Crippen LogP contribution in [0.25, 0.3) is 10.1 Å². The molecule has 1 heterocycles. The van der Waals surface area contributed by atoms with Gasteiger partial charge in [0.05, 0.1) is 4.47 Å². The van der Waals surface area contributed by atoms with Crippen LogP contribution >= 0.6 is 27.3 Å². The Balaban J connectivity index is 2.04. The molecule has 0 aliphatic heterocycles. The molecule has 0 radical (unpaired) electrons. The minimum absolute atomic E-state index is 0.568. The molecule has 1 aromatic carbocycles. The second kappa shape index (κ2) is 4.92. The summed E-state index contributed by atoms with van der Waals surface area (Å²) in [4.78, 5) is 0. The largest absolute Gasteiger partial charge is 0.289 e. The molecule has 1 aliphatic rings. The fourth-order valence-electron chi connectivity index (χ4n) is 1.91. The molecule has 2 aromatic rings. The van der Waals surface area contributed by atoms with E-state index in [0.29, 0.717) is 12.5 Å². The summed E-state index contributed by atoms with van der Waals surface area (Å²) in [5, 5.41) is 1.95. The first-order valence-corrected chi connectivity index (χ1v) is 8.39. The minimum Gasteiger partial charge on any atom is -0.289 e. The van der Waals surface area contributed by atoms with Crippen LogP contribution in [-0.4, -0.2) is 15.3 Å². The molecule has 0 bridgehead atoms. The van der Waals surface area contributed by atoms with Crippen LogP contribution in [0, 0.1) is 5.92 Å². The van der Waals surface area contributed by atoms with Crippen LogP contribution in [0.1, 0.15) is 12.8 Å². The van der Waals surface area contributed by atoms with Crippen molar-refractivity contribution in [1.82, 2.24) is 0 Å². The number of nitrogens with zero attached hydrogens (tertiary/aromatic N) is 1. The molecule has 0 spiro atoms. The Kier molecular flexibility index (Phi) is 3.44. The second-order valence-electron chi connectivity index (χ2n) is 4.45. The molecule has 1 unspecified atom stereocenters. The molecule has 0 amide bonds. The standard InChI is InChI=1S/C12H12BrNO2S2/c13-11-9-3-1-2-4-10(9)17-12(11)14(18(15)16)7-8-5-6-8/h1-4,8H,5-7H2,(H,15,16). The number of halogens is 1. The van der Waals surface area contributed by atoms with Gasteiger partial charge in [0.1, 0.15) is 5.00 Å². The van der Waals surface area contributed by atoms with E-state index in [0.717, 1.165) is 32.4 Å². The first-order valence-electron chi connectivity index (χ1n) is 5.72. The molecule has 1 fully saturated rings. The molecule has 1 saturated carbocycles. The number of rotatable bonds is 4. The molecule has 0 saturated heterocycles. The lowest BCUT2D eigenvalue weighted by Crippen LogP contribution is -2.26. The summed E-state index contributed by atoms with van der Waals surface area (Å²) in [7, 11) is 0. The van der Waals surface area contributed by atoms with Crippen molar-refractivity contribution in [3.8, 4) is 0 Å². The number of benzene rings is 1. The maximum Gasteiger partial charge on any atom is 0.262 e. The lowest BCUT2D eigenvalue weighted by Gasteiger charge is -2.18. The Hall–Kier alpha value is -0.430. The number of hydrogen-bond acceptors (Lipinski definition) is 2. The smallest absolute Gasteiger partial charge is 0.262 e. The van der Waals surface area contributed by atoms with Gasteiger partial charge in [0.2, 0.25) is 0 Å². The van der Waals surface area contributed by atoms with Gasteiger partial charge in [0.15, 0.2) is 0 Å². The SMILES string of the molecule is O=S(O)N(CC1CC1)c1sc2ccccc2c1Br. The molecule has 6 heteroatoms. The van der Waals surface area contributed by atoms with Crippen molar-refractivity contribution < 1.29 is 8.76 Å². The number of thiophene rings is 1. The highest BCUT2D eigenvalue weighted by atomic mass is 79.9. The monoisotopic (exact) mass is 345 g/mol. The van der Waals surface area contributed by atoms with Crippen LogP contribution < -0.4 is 4.31 Å². The fourth-order valence-corrected chi connectivity index (χ4v) is 4.85. The van der Waals surface area contributed by atoms with Gasteiger partial charge in [0.25, 0.3) is 11.3 Å². The van der Waals surface area contributed by atoms with Gasteiger partial charge in [-0.1, -0.05) is 18.2 Å². The van der Waals surface area contributed by atoms with E-state index in [-0.39, 0.29) is 0 Å². The first-order chi connectivity index (χ1) is 8.66. The summed E-state index contributed by atoms with van der Waals surface area (Å²) in [6.45, 7) is 0.661. The van der Waals surface area contributed by atoms with Crippen molar-refractivity contribution in [1.29, 1.82) is 0 Å². The van der Waals surface area contributed by atoms with Crippen molar-refractivity contribution >= 4 is 53.6 Å². The van der Waals surface area contributed by atoms with Crippen molar-refractivity contribution in [3.63, 3.8) is 0 Å². The third kappa shape index (κ3) is 2.34. The Morgan fingerprint density at radius 1 is 1.44 bits per heavy atom. The zero-order chi connectivity index (χ0) is 12.7. The molecule has 3 nitrogen and oxygen atoms in total. The van der Waals surface area contributed by atoms with Gasteiger partial charge in [-0.3, -0.25) is 8.86 Å². The molecule has 1 aromatic heterocycles. The van der Waals surface area contributed by atoms with E-state index in [2.05, 4.69) is 15.9 Å². The van der Waals surface area contributed by atoms with Crippen molar-refractivity contribution in [3.05, 3.63) is 28.7 Å². The zero-order valence-corrected chi connectivity index (χ0v) is 12.7. The first kappa shape index (κ1) is 12.6. The van der Waals surface area contributed by atoms with E-state index in [4.69, 9.17) is 0 Å². The van der Waals surface area contributed by atoms with E-state index < -0.39 is 11.3 Å². The predicted molar refractivity (Wildman–Crippen MR) is 80.4 cm³/mol. The molecular weight excluding hydrogens is 334 g/mol. The van der Waals surface area contributed by atoms with Crippen molar-refractivity contribution in [2.24, 2.45) is 5.92 Å². The van der Waals surface area contributed by atoms with Crippen LogP contribution in [0.4, 0.5) is 5.00 Å². The highest BCUT2D eigenvalue weighted by Gasteiger charge is 2.29. The summed E-state index contributed by atoms with van der Waals surface area (Å²) < 4.78 is 24.6. The zero-order valence-electron chi connectivity index (χ0n) is 9.51. The highest BCUT2D eigenvalue weighted by molar-refractivity contribution is 9.10. The lowest BCUT2D eigenvalue weighted by molar-refractivity contribution is 0.557. The maximum atomic E-state index is 11.5. The van der Waals surface area contributed by atoms with E-state index in [1.165, 1.54) is 0 Å². The summed E-state index contributed by atoms with van der Waals surface area (Å²) in [5.74, 6) is 0.568. The fraction of sp³-hybridized carbons (Fsp3) is 0.333. The molecule has 96 valence electrons.